The van der Waals surface area contributed by atoms with E-state index in [0.29, 0.717) is 12.5 Å². The molecule has 0 aromatic rings. The SMILES string of the molecule is C[C@H]1CCO[C@H]1CS(=O)(=O)Cl. The van der Waals surface area contributed by atoms with Crippen molar-refractivity contribution < 1.29 is 13.2 Å². The molecule has 0 unspecified atom stereocenters. The first kappa shape index (κ1) is 9.29. The molecule has 0 amide bonds. The van der Waals surface area contributed by atoms with E-state index in [4.69, 9.17) is 15.4 Å². The third-order valence-electron chi connectivity index (χ3n) is 1.90. The Morgan fingerprint density at radius 2 is 2.27 bits per heavy atom. The van der Waals surface area contributed by atoms with Crippen molar-refractivity contribution in [1.82, 2.24) is 0 Å². The summed E-state index contributed by atoms with van der Waals surface area (Å²) in [5.41, 5.74) is 0. The number of hydrogen-bond acceptors (Lipinski definition) is 3. The molecule has 0 radical (unpaired) electrons. The van der Waals surface area contributed by atoms with E-state index in [0.717, 1.165) is 6.42 Å². The van der Waals surface area contributed by atoms with Crippen LogP contribution in [0.2, 0.25) is 0 Å². The van der Waals surface area contributed by atoms with Crippen LogP contribution in [0.4, 0.5) is 0 Å². The highest BCUT2D eigenvalue weighted by Gasteiger charge is 2.28. The van der Waals surface area contributed by atoms with Crippen LogP contribution in [0.5, 0.6) is 0 Å². The van der Waals surface area contributed by atoms with Gasteiger partial charge in [0.05, 0.1) is 11.9 Å². The Hall–Kier alpha value is 0.200. The summed E-state index contributed by atoms with van der Waals surface area (Å²) in [7, 11) is 1.68. The lowest BCUT2D eigenvalue weighted by atomic mass is 10.1. The molecule has 1 aliphatic rings. The lowest BCUT2D eigenvalue weighted by Crippen LogP contribution is -2.21. The van der Waals surface area contributed by atoms with Crippen molar-refractivity contribution in [2.75, 3.05) is 12.4 Å². The van der Waals surface area contributed by atoms with Crippen LogP contribution in [-0.2, 0) is 13.8 Å². The fourth-order valence-electron chi connectivity index (χ4n) is 1.16. The van der Waals surface area contributed by atoms with Gasteiger partial charge in [0.1, 0.15) is 0 Å². The quantitative estimate of drug-likeness (QED) is 0.622. The Morgan fingerprint density at radius 1 is 1.64 bits per heavy atom. The first-order valence-corrected chi connectivity index (χ1v) is 6.01. The monoisotopic (exact) mass is 198 g/mol. The van der Waals surface area contributed by atoms with E-state index in [2.05, 4.69) is 0 Å². The molecule has 0 aromatic carbocycles. The molecule has 5 heteroatoms. The molecule has 3 nitrogen and oxygen atoms in total. The third kappa shape index (κ3) is 2.97. The Bertz CT molecular complexity index is 224. The molecular weight excluding hydrogens is 188 g/mol. The van der Waals surface area contributed by atoms with Gasteiger partial charge in [0.15, 0.2) is 0 Å². The van der Waals surface area contributed by atoms with Gasteiger partial charge in [-0.15, -0.1) is 0 Å². The van der Waals surface area contributed by atoms with E-state index < -0.39 is 9.05 Å². The number of rotatable bonds is 2. The highest BCUT2D eigenvalue weighted by Crippen LogP contribution is 2.22. The van der Waals surface area contributed by atoms with Gasteiger partial charge in [-0.1, -0.05) is 6.92 Å². The molecule has 0 aliphatic carbocycles. The molecule has 0 N–H and O–H groups in total. The second-order valence-corrected chi connectivity index (χ2v) is 5.70. The van der Waals surface area contributed by atoms with Gasteiger partial charge in [-0.05, 0) is 12.3 Å². The van der Waals surface area contributed by atoms with Gasteiger partial charge in [-0.3, -0.25) is 0 Å². The molecule has 1 fully saturated rings. The summed E-state index contributed by atoms with van der Waals surface area (Å²) in [6.07, 6.45) is 0.731. The average Bonchev–Trinajstić information content (AvgIpc) is 2.12. The van der Waals surface area contributed by atoms with Crippen LogP contribution in [0.3, 0.4) is 0 Å². The summed E-state index contributed by atoms with van der Waals surface area (Å²) in [6.45, 7) is 2.62. The smallest absolute Gasteiger partial charge is 0.235 e. The topological polar surface area (TPSA) is 43.4 Å². The van der Waals surface area contributed by atoms with Crippen molar-refractivity contribution in [1.29, 1.82) is 0 Å². The Labute approximate surface area is 71.1 Å². The van der Waals surface area contributed by atoms with Crippen molar-refractivity contribution in [3.63, 3.8) is 0 Å². The predicted molar refractivity (Wildman–Crippen MR) is 43.2 cm³/mol. The highest BCUT2D eigenvalue weighted by atomic mass is 35.7. The van der Waals surface area contributed by atoms with Crippen LogP contribution in [0.15, 0.2) is 0 Å². The van der Waals surface area contributed by atoms with Crippen LogP contribution in [0.25, 0.3) is 0 Å². The van der Waals surface area contributed by atoms with Gasteiger partial charge < -0.3 is 4.74 Å². The minimum Gasteiger partial charge on any atom is -0.377 e. The average molecular weight is 199 g/mol. The van der Waals surface area contributed by atoms with E-state index in [1.165, 1.54) is 0 Å². The molecule has 1 rings (SSSR count). The zero-order valence-corrected chi connectivity index (χ0v) is 7.86. The van der Waals surface area contributed by atoms with Crippen LogP contribution in [0.1, 0.15) is 13.3 Å². The summed E-state index contributed by atoms with van der Waals surface area (Å²) < 4.78 is 26.4. The molecule has 1 saturated heterocycles. The highest BCUT2D eigenvalue weighted by molar-refractivity contribution is 8.13. The van der Waals surface area contributed by atoms with Crippen molar-refractivity contribution in [3.8, 4) is 0 Å². The summed E-state index contributed by atoms with van der Waals surface area (Å²) in [4.78, 5) is 0. The first-order chi connectivity index (χ1) is 4.99. The maximum Gasteiger partial charge on any atom is 0.235 e. The second kappa shape index (κ2) is 3.29. The first-order valence-electron chi connectivity index (χ1n) is 3.53. The maximum atomic E-state index is 10.6. The zero-order chi connectivity index (χ0) is 8.48. The summed E-state index contributed by atoms with van der Waals surface area (Å²) in [6, 6.07) is 0. The Morgan fingerprint density at radius 3 is 2.64 bits per heavy atom. The molecule has 0 bridgehead atoms. The Kier molecular flexibility index (Phi) is 2.78. The van der Waals surface area contributed by atoms with E-state index in [1.54, 1.807) is 0 Å². The molecule has 66 valence electrons. The Balaban J connectivity index is 2.50. The zero-order valence-electron chi connectivity index (χ0n) is 6.29. The van der Waals surface area contributed by atoms with E-state index in [9.17, 15) is 8.42 Å². The van der Waals surface area contributed by atoms with E-state index >= 15 is 0 Å². The molecule has 1 aliphatic heterocycles. The number of hydrogen-bond donors (Lipinski definition) is 0. The summed E-state index contributed by atoms with van der Waals surface area (Å²) >= 11 is 0. The van der Waals surface area contributed by atoms with Gasteiger partial charge in [0, 0.05) is 17.3 Å². The van der Waals surface area contributed by atoms with Crippen LogP contribution < -0.4 is 0 Å². The van der Waals surface area contributed by atoms with Gasteiger partial charge in [0.2, 0.25) is 9.05 Å². The standard InChI is InChI=1S/C6H11ClO3S/c1-5-2-3-10-6(5)4-11(7,8)9/h5-6H,2-4H2,1H3/t5-,6-/m0/s1. The fraction of sp³-hybridized carbons (Fsp3) is 1.00. The fourth-order valence-corrected chi connectivity index (χ4v) is 2.35. The predicted octanol–water partition coefficient (Wildman–Crippen LogP) is 0.980. The molecule has 0 spiro atoms. The lowest BCUT2D eigenvalue weighted by Gasteiger charge is -2.11. The van der Waals surface area contributed by atoms with Crippen molar-refractivity contribution in [2.45, 2.75) is 19.4 Å². The molecule has 2 atom stereocenters. The van der Waals surface area contributed by atoms with Gasteiger partial charge in [0.25, 0.3) is 0 Å². The number of halogens is 1. The van der Waals surface area contributed by atoms with Crippen molar-refractivity contribution in [3.05, 3.63) is 0 Å². The van der Waals surface area contributed by atoms with E-state index in [1.807, 2.05) is 6.92 Å². The van der Waals surface area contributed by atoms with Crippen molar-refractivity contribution >= 4 is 19.7 Å². The minimum atomic E-state index is -3.39. The second-order valence-electron chi connectivity index (χ2n) is 2.88. The maximum absolute atomic E-state index is 10.6. The van der Waals surface area contributed by atoms with Crippen LogP contribution in [-0.4, -0.2) is 26.9 Å². The molecule has 0 aromatic heterocycles. The van der Waals surface area contributed by atoms with Gasteiger partial charge in [-0.25, -0.2) is 8.42 Å². The number of ether oxygens (including phenoxy) is 1. The third-order valence-corrected chi connectivity index (χ3v) is 3.01. The largest absolute Gasteiger partial charge is 0.377 e. The lowest BCUT2D eigenvalue weighted by molar-refractivity contribution is 0.112. The normalized spacial score (nSPS) is 32.5. The van der Waals surface area contributed by atoms with Gasteiger partial charge >= 0.3 is 0 Å². The van der Waals surface area contributed by atoms with Gasteiger partial charge in [-0.2, -0.15) is 0 Å². The molecule has 11 heavy (non-hydrogen) atoms. The molecular formula is C6H11ClO3S. The summed E-state index contributed by atoms with van der Waals surface area (Å²) in [5.74, 6) is 0.249. The van der Waals surface area contributed by atoms with Crippen molar-refractivity contribution in [2.24, 2.45) is 5.92 Å². The van der Waals surface area contributed by atoms with E-state index in [-0.39, 0.29) is 11.9 Å². The minimum absolute atomic E-state index is 0.0598. The summed E-state index contributed by atoms with van der Waals surface area (Å²) in [5, 5.41) is 0. The molecule has 1 heterocycles. The van der Waals surface area contributed by atoms with Crippen LogP contribution >= 0.6 is 10.7 Å². The molecule has 0 saturated carbocycles. The van der Waals surface area contributed by atoms with Crippen LogP contribution in [0, 0.1) is 5.92 Å².